The van der Waals surface area contributed by atoms with Gasteiger partial charge in [0.1, 0.15) is 10.3 Å². The molecule has 0 spiro atoms. The minimum atomic E-state index is -0.910. The second-order valence-corrected chi connectivity index (χ2v) is 6.25. The van der Waals surface area contributed by atoms with Crippen molar-refractivity contribution < 1.29 is 9.90 Å². The van der Waals surface area contributed by atoms with Gasteiger partial charge in [-0.05, 0) is 17.3 Å². The molecular weight excluding hydrogens is 252 g/mol. The van der Waals surface area contributed by atoms with Gasteiger partial charge in [-0.25, -0.2) is 0 Å². The van der Waals surface area contributed by atoms with Gasteiger partial charge in [0.2, 0.25) is 0 Å². The van der Waals surface area contributed by atoms with Crippen LogP contribution in [0.2, 0.25) is 5.02 Å². The summed E-state index contributed by atoms with van der Waals surface area (Å²) in [6, 6.07) is 0. The van der Waals surface area contributed by atoms with Crippen LogP contribution in [-0.4, -0.2) is 16.3 Å². The normalized spacial score (nSPS) is 12.8. The van der Waals surface area contributed by atoms with Crippen LogP contribution in [0, 0.1) is 0 Å². The summed E-state index contributed by atoms with van der Waals surface area (Å²) in [6.07, 6.45) is 0. The molecule has 1 unspecified atom stereocenters. The van der Waals surface area contributed by atoms with Crippen LogP contribution in [0.5, 0.6) is 0 Å². The largest absolute Gasteiger partial charge is 0.480 e. The molecule has 1 rings (SSSR count). The lowest BCUT2D eigenvalue weighted by Crippen LogP contribution is -2.10. The first-order chi connectivity index (χ1) is 6.02. The molecule has 0 radical (unpaired) electrons. The number of thioether (sulfide) groups is 1. The maximum absolute atomic E-state index is 10.9. The monoisotopic (exact) mass is 256 g/mol. The van der Waals surface area contributed by atoms with Crippen molar-refractivity contribution in [2.45, 2.75) is 16.4 Å². The van der Waals surface area contributed by atoms with Crippen molar-refractivity contribution in [3.63, 3.8) is 0 Å². The number of carboxylic acids is 1. The van der Waals surface area contributed by atoms with E-state index < -0.39 is 11.2 Å². The molecule has 1 aromatic rings. The summed E-state index contributed by atoms with van der Waals surface area (Å²) in [5.41, 5.74) is 0. The highest BCUT2D eigenvalue weighted by Gasteiger charge is 2.17. The molecule has 7 heteroatoms. The predicted molar refractivity (Wildman–Crippen MR) is 56.4 cm³/mol. The molecule has 0 aliphatic heterocycles. The van der Waals surface area contributed by atoms with Gasteiger partial charge < -0.3 is 5.11 Å². The average Bonchev–Trinajstić information content (AvgIpc) is 2.36. The summed E-state index contributed by atoms with van der Waals surface area (Å²) in [5, 5.41) is 8.17. The zero-order valence-corrected chi connectivity index (χ0v) is 9.65. The number of carbonyl (C=O) groups is 1. The van der Waals surface area contributed by atoms with Crippen LogP contribution in [0.3, 0.4) is 0 Å². The summed E-state index contributed by atoms with van der Waals surface area (Å²) in [5.74, 6) is -0.910. The molecule has 0 amide bonds. The van der Waals surface area contributed by atoms with Crippen LogP contribution in [0.25, 0.3) is 0 Å². The number of hydrogen-bond acceptors (Lipinski definition) is 5. The molecule has 0 aliphatic carbocycles. The van der Waals surface area contributed by atoms with Gasteiger partial charge in [0.15, 0.2) is 0 Å². The minimum Gasteiger partial charge on any atom is -0.480 e. The Labute approximate surface area is 90.7 Å². The van der Waals surface area contributed by atoms with Crippen LogP contribution < -0.4 is 4.74 Å². The molecule has 1 N–H and O–H groups in total. The second-order valence-electron chi connectivity index (χ2n) is 2.15. The van der Waals surface area contributed by atoms with E-state index in [4.69, 9.17) is 16.7 Å². The van der Waals surface area contributed by atoms with Crippen LogP contribution in [0.4, 0.5) is 0 Å². The Morgan fingerprint density at radius 3 is 2.62 bits per heavy atom. The number of carboxylic acid groups (broad SMARTS) is 1. The molecule has 13 heavy (non-hydrogen) atoms. The Hall–Kier alpha value is -0.0400. The van der Waals surface area contributed by atoms with Crippen LogP contribution in [0.1, 0.15) is 6.92 Å². The SMILES string of the molecule is CC(Sc1ssc(=O)c1Cl)C(=O)O. The fourth-order valence-electron chi connectivity index (χ4n) is 0.515. The van der Waals surface area contributed by atoms with E-state index in [1.807, 2.05) is 0 Å². The fraction of sp³-hybridized carbons (Fsp3) is 0.333. The van der Waals surface area contributed by atoms with Gasteiger partial charge in [0.05, 0.1) is 4.21 Å². The zero-order valence-electron chi connectivity index (χ0n) is 6.44. The molecule has 1 heterocycles. The lowest BCUT2D eigenvalue weighted by atomic mass is 10.5. The molecule has 0 fully saturated rings. The van der Waals surface area contributed by atoms with Crippen molar-refractivity contribution in [2.24, 2.45) is 0 Å². The molecule has 1 aromatic heterocycles. The van der Waals surface area contributed by atoms with E-state index in [0.29, 0.717) is 4.21 Å². The van der Waals surface area contributed by atoms with Crippen LogP contribution in [-0.2, 0) is 4.79 Å². The number of aliphatic carboxylic acids is 1. The van der Waals surface area contributed by atoms with E-state index in [0.717, 1.165) is 22.1 Å². The maximum atomic E-state index is 10.9. The summed E-state index contributed by atoms with van der Waals surface area (Å²) in [4.78, 5) is 21.4. The van der Waals surface area contributed by atoms with Crippen molar-refractivity contribution >= 4 is 50.0 Å². The summed E-state index contributed by atoms with van der Waals surface area (Å²) in [6.45, 7) is 1.55. The van der Waals surface area contributed by atoms with E-state index in [-0.39, 0.29) is 9.77 Å². The highest BCUT2D eigenvalue weighted by Crippen LogP contribution is 2.34. The Morgan fingerprint density at radius 2 is 2.23 bits per heavy atom. The summed E-state index contributed by atoms with van der Waals surface area (Å²) >= 11 is 6.75. The van der Waals surface area contributed by atoms with Gasteiger partial charge >= 0.3 is 5.97 Å². The average molecular weight is 257 g/mol. The first kappa shape index (κ1) is 11.0. The minimum absolute atomic E-state index is 0.146. The van der Waals surface area contributed by atoms with Crippen molar-refractivity contribution in [3.8, 4) is 0 Å². The van der Waals surface area contributed by atoms with Crippen molar-refractivity contribution in [1.29, 1.82) is 0 Å². The Balaban J connectivity index is 2.80. The lowest BCUT2D eigenvalue weighted by molar-refractivity contribution is -0.136. The van der Waals surface area contributed by atoms with Crippen molar-refractivity contribution in [2.75, 3.05) is 0 Å². The van der Waals surface area contributed by atoms with Gasteiger partial charge in [0.25, 0.3) is 4.74 Å². The number of rotatable bonds is 3. The third-order valence-electron chi connectivity index (χ3n) is 1.18. The fourth-order valence-corrected chi connectivity index (χ4v) is 4.60. The van der Waals surface area contributed by atoms with Crippen LogP contribution >= 0.6 is 44.0 Å². The molecule has 0 aromatic carbocycles. The quantitative estimate of drug-likeness (QED) is 0.667. The summed E-state index contributed by atoms with van der Waals surface area (Å²) in [7, 11) is 2.24. The third-order valence-corrected chi connectivity index (χ3v) is 5.71. The predicted octanol–water partition coefficient (Wildman–Crippen LogP) is 2.39. The van der Waals surface area contributed by atoms with Crippen LogP contribution in [0.15, 0.2) is 9.00 Å². The molecule has 3 nitrogen and oxygen atoms in total. The van der Waals surface area contributed by atoms with E-state index in [1.165, 1.54) is 10.3 Å². The van der Waals surface area contributed by atoms with Gasteiger partial charge in [0, 0.05) is 0 Å². The molecular formula is C6H5ClO3S3. The topological polar surface area (TPSA) is 54.4 Å². The molecule has 0 saturated heterocycles. The lowest BCUT2D eigenvalue weighted by Gasteiger charge is -2.02. The Bertz CT molecular complexity index is 369. The maximum Gasteiger partial charge on any atom is 0.316 e. The van der Waals surface area contributed by atoms with Gasteiger partial charge in [-0.15, -0.1) is 0 Å². The first-order valence-corrected chi connectivity index (χ1v) is 6.61. The first-order valence-electron chi connectivity index (χ1n) is 3.20. The zero-order chi connectivity index (χ0) is 10.0. The molecule has 72 valence electrons. The number of halogens is 1. The van der Waals surface area contributed by atoms with Gasteiger partial charge in [-0.2, -0.15) is 0 Å². The second kappa shape index (κ2) is 4.45. The van der Waals surface area contributed by atoms with Gasteiger partial charge in [-0.3, -0.25) is 9.59 Å². The smallest absolute Gasteiger partial charge is 0.316 e. The van der Waals surface area contributed by atoms with E-state index in [2.05, 4.69) is 0 Å². The summed E-state index contributed by atoms with van der Waals surface area (Å²) < 4.78 is 0.387. The highest BCUT2D eigenvalue weighted by atomic mass is 35.5. The van der Waals surface area contributed by atoms with E-state index in [1.54, 1.807) is 6.92 Å². The Morgan fingerprint density at radius 1 is 1.62 bits per heavy atom. The standard InChI is InChI=1S/C6H5ClO3S3/c1-2(4(8)9)11-6-3(7)5(10)12-13-6/h2H,1H3,(H,8,9). The van der Waals surface area contributed by atoms with Crippen molar-refractivity contribution in [3.05, 3.63) is 14.6 Å². The molecule has 0 aliphatic rings. The highest BCUT2D eigenvalue weighted by molar-refractivity contribution is 8.04. The third kappa shape index (κ3) is 2.70. The molecule has 0 bridgehead atoms. The van der Waals surface area contributed by atoms with E-state index >= 15 is 0 Å². The molecule has 0 saturated carbocycles. The van der Waals surface area contributed by atoms with Crippen molar-refractivity contribution in [1.82, 2.24) is 0 Å². The van der Waals surface area contributed by atoms with Gasteiger partial charge in [-0.1, -0.05) is 33.7 Å². The van der Waals surface area contributed by atoms with E-state index in [9.17, 15) is 9.59 Å². The molecule has 1 atom stereocenters. The Kier molecular flexibility index (Phi) is 3.78. The number of hydrogen-bond donors (Lipinski definition) is 1.